The predicted molar refractivity (Wildman–Crippen MR) is 110 cm³/mol. The molecule has 0 aliphatic carbocycles. The van der Waals surface area contributed by atoms with Gasteiger partial charge in [-0.25, -0.2) is 0 Å². The minimum absolute atomic E-state index is 0. The van der Waals surface area contributed by atoms with Crippen LogP contribution in [-0.4, -0.2) is 49.0 Å². The highest BCUT2D eigenvalue weighted by molar-refractivity contribution is 5.85. The van der Waals surface area contributed by atoms with E-state index >= 15 is 0 Å². The molecule has 0 spiro atoms. The Balaban J connectivity index is 0.00000280. The molecular weight excluding hydrogens is 380 g/mol. The largest absolute Gasteiger partial charge is 0.493 e. The molecule has 1 amide bonds. The molecular formula is C20H29ClN4O3. The van der Waals surface area contributed by atoms with Gasteiger partial charge in [-0.05, 0) is 63.0 Å². The zero-order valence-electron chi connectivity index (χ0n) is 16.6. The summed E-state index contributed by atoms with van der Waals surface area (Å²) in [6.45, 7) is 3.63. The van der Waals surface area contributed by atoms with Crippen LogP contribution < -0.4 is 20.1 Å². The highest BCUT2D eigenvalue weighted by Crippen LogP contribution is 2.29. The Hall–Kier alpha value is -2.25. The standard InChI is InChI=1S/C20H28N4O3.ClH/c1-15(13-16-5-6-17(26-2)18(14-16)27-3)23-19(25)20(7-10-21-11-8-20)24-12-4-9-22-24;/h4-6,9,12,14-15,21H,7-8,10-11,13H2,1-3H3,(H,23,25);1H. The molecule has 0 saturated carbocycles. The maximum absolute atomic E-state index is 13.2. The molecule has 2 N–H and O–H groups in total. The molecule has 1 aliphatic heterocycles. The number of halogens is 1. The summed E-state index contributed by atoms with van der Waals surface area (Å²) in [7, 11) is 3.24. The number of carbonyl (C=O) groups excluding carboxylic acids is 1. The predicted octanol–water partition coefficient (Wildman–Crippen LogP) is 2.15. The van der Waals surface area contributed by atoms with Gasteiger partial charge in [0.15, 0.2) is 11.5 Å². The second kappa shape index (κ2) is 9.80. The number of amides is 1. The molecule has 7 nitrogen and oxygen atoms in total. The van der Waals surface area contributed by atoms with Gasteiger partial charge in [-0.2, -0.15) is 5.10 Å². The highest BCUT2D eigenvalue weighted by Gasteiger charge is 2.42. The van der Waals surface area contributed by atoms with Crippen molar-refractivity contribution in [1.82, 2.24) is 20.4 Å². The maximum Gasteiger partial charge on any atom is 0.248 e. The molecule has 1 saturated heterocycles. The van der Waals surface area contributed by atoms with Crippen molar-refractivity contribution >= 4 is 18.3 Å². The summed E-state index contributed by atoms with van der Waals surface area (Å²) in [5, 5.41) is 10.9. The average molecular weight is 409 g/mol. The number of nitrogens with one attached hydrogen (secondary N) is 2. The van der Waals surface area contributed by atoms with Crippen LogP contribution in [0.3, 0.4) is 0 Å². The van der Waals surface area contributed by atoms with Gasteiger partial charge in [-0.3, -0.25) is 9.48 Å². The second-order valence-corrected chi connectivity index (χ2v) is 7.00. The van der Waals surface area contributed by atoms with Crippen LogP contribution in [0.5, 0.6) is 11.5 Å². The molecule has 1 aromatic heterocycles. The highest BCUT2D eigenvalue weighted by atomic mass is 35.5. The van der Waals surface area contributed by atoms with E-state index in [1.165, 1.54) is 0 Å². The number of aromatic nitrogens is 2. The van der Waals surface area contributed by atoms with Crippen molar-refractivity contribution in [3.05, 3.63) is 42.2 Å². The number of benzene rings is 1. The molecule has 0 bridgehead atoms. The van der Waals surface area contributed by atoms with Crippen LogP contribution in [-0.2, 0) is 16.8 Å². The van der Waals surface area contributed by atoms with Crippen LogP contribution in [0, 0.1) is 0 Å². The van der Waals surface area contributed by atoms with Crippen LogP contribution >= 0.6 is 12.4 Å². The molecule has 1 fully saturated rings. The number of rotatable bonds is 7. The molecule has 3 rings (SSSR count). The third kappa shape index (κ3) is 4.59. The number of piperidine rings is 1. The van der Waals surface area contributed by atoms with E-state index in [2.05, 4.69) is 15.7 Å². The van der Waals surface area contributed by atoms with Gasteiger partial charge in [0.05, 0.1) is 14.2 Å². The smallest absolute Gasteiger partial charge is 0.248 e. The Morgan fingerprint density at radius 2 is 2.00 bits per heavy atom. The Morgan fingerprint density at radius 3 is 2.61 bits per heavy atom. The second-order valence-electron chi connectivity index (χ2n) is 7.00. The van der Waals surface area contributed by atoms with Crippen LogP contribution in [0.2, 0.25) is 0 Å². The fourth-order valence-corrected chi connectivity index (χ4v) is 3.69. The summed E-state index contributed by atoms with van der Waals surface area (Å²) in [6, 6.07) is 7.69. The van der Waals surface area contributed by atoms with E-state index in [4.69, 9.17) is 9.47 Å². The van der Waals surface area contributed by atoms with Crippen molar-refractivity contribution in [2.24, 2.45) is 0 Å². The fraction of sp³-hybridized carbons (Fsp3) is 0.500. The van der Waals surface area contributed by atoms with Gasteiger partial charge in [0.25, 0.3) is 0 Å². The zero-order valence-corrected chi connectivity index (χ0v) is 17.4. The van der Waals surface area contributed by atoms with Gasteiger partial charge >= 0.3 is 0 Å². The topological polar surface area (TPSA) is 77.4 Å². The first-order valence-electron chi connectivity index (χ1n) is 9.32. The van der Waals surface area contributed by atoms with Gasteiger partial charge in [-0.1, -0.05) is 6.07 Å². The van der Waals surface area contributed by atoms with Crippen molar-refractivity contribution in [1.29, 1.82) is 0 Å². The quantitative estimate of drug-likeness (QED) is 0.734. The Bertz CT molecular complexity index is 761. The third-order valence-electron chi connectivity index (χ3n) is 5.16. The Labute approximate surface area is 172 Å². The summed E-state index contributed by atoms with van der Waals surface area (Å²) in [4.78, 5) is 13.2. The van der Waals surface area contributed by atoms with Crippen molar-refractivity contribution < 1.29 is 14.3 Å². The molecule has 28 heavy (non-hydrogen) atoms. The number of ether oxygens (including phenoxy) is 2. The summed E-state index contributed by atoms with van der Waals surface area (Å²) in [6.07, 6.45) is 5.76. The number of nitrogens with zero attached hydrogens (tertiary/aromatic N) is 2. The van der Waals surface area contributed by atoms with E-state index in [1.807, 2.05) is 42.1 Å². The van der Waals surface area contributed by atoms with Crippen LogP contribution in [0.25, 0.3) is 0 Å². The lowest BCUT2D eigenvalue weighted by Crippen LogP contribution is -2.56. The van der Waals surface area contributed by atoms with Crippen molar-refractivity contribution in [3.8, 4) is 11.5 Å². The minimum atomic E-state index is -0.624. The van der Waals surface area contributed by atoms with Gasteiger partial charge in [0.1, 0.15) is 5.54 Å². The fourth-order valence-electron chi connectivity index (χ4n) is 3.69. The molecule has 1 aliphatic rings. The summed E-state index contributed by atoms with van der Waals surface area (Å²) >= 11 is 0. The first-order chi connectivity index (χ1) is 13.1. The Kier molecular flexibility index (Phi) is 7.71. The number of carbonyl (C=O) groups is 1. The van der Waals surface area contributed by atoms with Crippen molar-refractivity contribution in [2.75, 3.05) is 27.3 Å². The maximum atomic E-state index is 13.2. The van der Waals surface area contributed by atoms with E-state index in [1.54, 1.807) is 20.4 Å². The summed E-state index contributed by atoms with van der Waals surface area (Å²) in [5.74, 6) is 1.42. The van der Waals surface area contributed by atoms with Crippen LogP contribution in [0.1, 0.15) is 25.3 Å². The normalized spacial score (nSPS) is 16.5. The summed E-state index contributed by atoms with van der Waals surface area (Å²) in [5.41, 5.74) is 0.458. The SMILES string of the molecule is COc1ccc(CC(C)NC(=O)C2(n3cccn3)CCNCC2)cc1OC.Cl. The van der Waals surface area contributed by atoms with Gasteiger partial charge < -0.3 is 20.1 Å². The number of methoxy groups -OCH3 is 2. The Morgan fingerprint density at radius 1 is 1.29 bits per heavy atom. The first-order valence-corrected chi connectivity index (χ1v) is 9.32. The van der Waals surface area contributed by atoms with Crippen molar-refractivity contribution in [2.45, 2.75) is 37.8 Å². The molecule has 0 radical (unpaired) electrons. The molecule has 1 atom stereocenters. The van der Waals surface area contributed by atoms with Gasteiger partial charge in [0, 0.05) is 18.4 Å². The molecule has 154 valence electrons. The number of hydrogen-bond acceptors (Lipinski definition) is 5. The minimum Gasteiger partial charge on any atom is -0.493 e. The van der Waals surface area contributed by atoms with Gasteiger partial charge in [0.2, 0.25) is 5.91 Å². The van der Waals surface area contributed by atoms with Crippen molar-refractivity contribution in [3.63, 3.8) is 0 Å². The lowest BCUT2D eigenvalue weighted by atomic mass is 9.87. The molecule has 1 unspecified atom stereocenters. The van der Waals surface area contributed by atoms with E-state index in [-0.39, 0.29) is 24.4 Å². The van der Waals surface area contributed by atoms with E-state index in [9.17, 15) is 4.79 Å². The lowest BCUT2D eigenvalue weighted by molar-refractivity contribution is -0.132. The van der Waals surface area contributed by atoms with Gasteiger partial charge in [-0.15, -0.1) is 12.4 Å². The first kappa shape index (κ1) is 22.0. The van der Waals surface area contributed by atoms with Crippen LogP contribution in [0.4, 0.5) is 0 Å². The van der Waals surface area contributed by atoms with E-state index in [0.29, 0.717) is 17.9 Å². The third-order valence-corrected chi connectivity index (χ3v) is 5.16. The van der Waals surface area contributed by atoms with E-state index in [0.717, 1.165) is 31.5 Å². The molecule has 1 aromatic carbocycles. The number of hydrogen-bond donors (Lipinski definition) is 2. The molecule has 2 aromatic rings. The van der Waals surface area contributed by atoms with E-state index < -0.39 is 5.54 Å². The lowest BCUT2D eigenvalue weighted by Gasteiger charge is -2.37. The average Bonchev–Trinajstić information content (AvgIpc) is 3.23. The molecule has 8 heteroatoms. The summed E-state index contributed by atoms with van der Waals surface area (Å²) < 4.78 is 12.5. The monoisotopic (exact) mass is 408 g/mol. The zero-order chi connectivity index (χ0) is 19.3. The van der Waals surface area contributed by atoms with Crippen LogP contribution in [0.15, 0.2) is 36.7 Å². The molecule has 2 heterocycles.